The van der Waals surface area contributed by atoms with Crippen LogP contribution >= 0.6 is 24.0 Å². The molecule has 0 aromatic heterocycles. The lowest BCUT2D eigenvalue weighted by molar-refractivity contribution is 0.0195. The molecule has 21 heavy (non-hydrogen) atoms. The summed E-state index contributed by atoms with van der Waals surface area (Å²) in [6, 6.07) is 1.34. The number of rotatable bonds is 3. The molecule has 122 valence electrons. The Kier molecular flexibility index (Phi) is 6.55. The van der Waals surface area contributed by atoms with Gasteiger partial charge < -0.3 is 15.0 Å². The second kappa shape index (κ2) is 7.97. The van der Waals surface area contributed by atoms with Gasteiger partial charge in [0.2, 0.25) is 0 Å². The van der Waals surface area contributed by atoms with Crippen molar-refractivity contribution in [2.24, 2.45) is 10.9 Å². The number of nitrogens with zero attached hydrogens (tertiary/aromatic N) is 3. The summed E-state index contributed by atoms with van der Waals surface area (Å²) in [5.41, 5.74) is 0. The predicted molar refractivity (Wildman–Crippen MR) is 96.5 cm³/mol. The summed E-state index contributed by atoms with van der Waals surface area (Å²) in [5, 5.41) is 3.64. The van der Waals surface area contributed by atoms with Gasteiger partial charge in [-0.3, -0.25) is 9.89 Å². The van der Waals surface area contributed by atoms with Crippen molar-refractivity contribution in [3.63, 3.8) is 0 Å². The highest BCUT2D eigenvalue weighted by Gasteiger charge is 2.36. The molecule has 1 N–H and O–H groups in total. The molecule has 0 spiro atoms. The van der Waals surface area contributed by atoms with Crippen molar-refractivity contribution in [2.75, 3.05) is 45.9 Å². The molecule has 3 aliphatic rings. The average Bonchev–Trinajstić information content (AvgIpc) is 2.98. The van der Waals surface area contributed by atoms with Crippen molar-refractivity contribution in [1.29, 1.82) is 0 Å². The van der Waals surface area contributed by atoms with E-state index in [1.807, 2.05) is 0 Å². The van der Waals surface area contributed by atoms with E-state index in [-0.39, 0.29) is 24.0 Å². The molecule has 0 aromatic rings. The molecular formula is C15H29IN4O. The fourth-order valence-electron chi connectivity index (χ4n) is 3.25. The van der Waals surface area contributed by atoms with E-state index in [9.17, 15) is 0 Å². The van der Waals surface area contributed by atoms with Gasteiger partial charge in [-0.2, -0.15) is 0 Å². The Balaban J connectivity index is 0.00000161. The minimum Gasteiger partial charge on any atom is -0.379 e. The number of halogens is 1. The molecule has 2 heterocycles. The third-order valence-electron chi connectivity index (χ3n) is 4.76. The van der Waals surface area contributed by atoms with Crippen LogP contribution in [0.4, 0.5) is 0 Å². The second-order valence-corrected chi connectivity index (χ2v) is 6.30. The summed E-state index contributed by atoms with van der Waals surface area (Å²) in [6.07, 6.45) is 2.55. The Morgan fingerprint density at radius 2 is 2.00 bits per heavy atom. The lowest BCUT2D eigenvalue weighted by Gasteiger charge is -2.32. The van der Waals surface area contributed by atoms with E-state index in [4.69, 9.17) is 4.74 Å². The number of hydrogen-bond donors (Lipinski definition) is 1. The van der Waals surface area contributed by atoms with E-state index in [0.29, 0.717) is 12.1 Å². The van der Waals surface area contributed by atoms with Crippen LogP contribution in [0.5, 0.6) is 0 Å². The third kappa shape index (κ3) is 4.45. The zero-order valence-electron chi connectivity index (χ0n) is 13.3. The van der Waals surface area contributed by atoms with Gasteiger partial charge in [0.1, 0.15) is 0 Å². The largest absolute Gasteiger partial charge is 0.379 e. The maximum absolute atomic E-state index is 5.45. The highest BCUT2D eigenvalue weighted by atomic mass is 127. The Labute approximate surface area is 145 Å². The highest BCUT2D eigenvalue weighted by Crippen LogP contribution is 2.29. The smallest absolute Gasteiger partial charge is 0.194 e. The maximum atomic E-state index is 5.45. The molecule has 2 aliphatic heterocycles. The highest BCUT2D eigenvalue weighted by molar-refractivity contribution is 14.0. The van der Waals surface area contributed by atoms with Crippen LogP contribution < -0.4 is 5.32 Å². The second-order valence-electron chi connectivity index (χ2n) is 6.30. The predicted octanol–water partition coefficient (Wildman–Crippen LogP) is 1.38. The summed E-state index contributed by atoms with van der Waals surface area (Å²) in [4.78, 5) is 9.73. The van der Waals surface area contributed by atoms with E-state index in [0.717, 1.165) is 57.8 Å². The van der Waals surface area contributed by atoms with Gasteiger partial charge in [0.05, 0.1) is 13.2 Å². The molecule has 3 unspecified atom stereocenters. The van der Waals surface area contributed by atoms with Crippen LogP contribution in [0.3, 0.4) is 0 Å². The molecule has 0 amide bonds. The first kappa shape index (κ1) is 17.3. The van der Waals surface area contributed by atoms with Gasteiger partial charge in [0, 0.05) is 44.8 Å². The van der Waals surface area contributed by atoms with E-state index < -0.39 is 0 Å². The van der Waals surface area contributed by atoms with Gasteiger partial charge in [-0.05, 0) is 25.7 Å². The molecule has 0 bridgehead atoms. The van der Waals surface area contributed by atoms with Gasteiger partial charge >= 0.3 is 0 Å². The molecule has 0 radical (unpaired) electrons. The molecule has 3 atom stereocenters. The summed E-state index contributed by atoms with van der Waals surface area (Å²) in [5.74, 6) is 1.95. The van der Waals surface area contributed by atoms with E-state index in [1.54, 1.807) is 0 Å². The number of likely N-dealkylation sites (tertiary alicyclic amines) is 1. The first-order valence-electron chi connectivity index (χ1n) is 8.15. The summed E-state index contributed by atoms with van der Waals surface area (Å²) < 4.78 is 5.45. The van der Waals surface area contributed by atoms with Crippen molar-refractivity contribution < 1.29 is 4.74 Å². The number of guanidine groups is 1. The fourth-order valence-corrected chi connectivity index (χ4v) is 3.25. The Morgan fingerprint density at radius 3 is 2.62 bits per heavy atom. The normalized spacial score (nSPS) is 33.7. The lowest BCUT2D eigenvalue weighted by Crippen LogP contribution is -2.47. The van der Waals surface area contributed by atoms with Crippen LogP contribution in [0.15, 0.2) is 4.99 Å². The quantitative estimate of drug-likeness (QED) is 0.435. The van der Waals surface area contributed by atoms with Crippen LogP contribution in [0, 0.1) is 5.92 Å². The molecule has 2 saturated heterocycles. The zero-order chi connectivity index (χ0) is 13.9. The van der Waals surface area contributed by atoms with Crippen molar-refractivity contribution in [2.45, 2.75) is 38.8 Å². The van der Waals surface area contributed by atoms with Crippen molar-refractivity contribution in [1.82, 2.24) is 15.1 Å². The standard InChI is InChI=1S/C15H28N4O.HI/c1-3-16-15(17-14-10-12(14)2)19-5-4-13(11-19)18-6-8-20-9-7-18;/h12-14H,3-11H2,1-2H3,(H,16,17);1H. The van der Waals surface area contributed by atoms with Crippen LogP contribution in [-0.4, -0.2) is 73.8 Å². The summed E-state index contributed by atoms with van der Waals surface area (Å²) in [6.45, 7) is 11.5. The van der Waals surface area contributed by atoms with Gasteiger partial charge in [0.15, 0.2) is 5.96 Å². The molecule has 6 heteroatoms. The minimum absolute atomic E-state index is 0. The number of hydrogen-bond acceptors (Lipinski definition) is 3. The van der Waals surface area contributed by atoms with Crippen LogP contribution in [0.25, 0.3) is 0 Å². The number of nitrogens with one attached hydrogen (secondary N) is 1. The Morgan fingerprint density at radius 1 is 1.29 bits per heavy atom. The third-order valence-corrected chi connectivity index (χ3v) is 4.76. The Bertz CT molecular complexity index is 360. The number of ether oxygens (including phenoxy) is 1. The molecule has 1 aliphatic carbocycles. The van der Waals surface area contributed by atoms with Crippen LogP contribution in [-0.2, 0) is 4.74 Å². The molecule has 1 saturated carbocycles. The molecule has 5 nitrogen and oxygen atoms in total. The molecule has 0 aromatic carbocycles. The van der Waals surface area contributed by atoms with Gasteiger partial charge in [-0.15, -0.1) is 24.0 Å². The topological polar surface area (TPSA) is 40.1 Å². The first-order chi connectivity index (χ1) is 9.78. The first-order valence-corrected chi connectivity index (χ1v) is 8.15. The van der Waals surface area contributed by atoms with Gasteiger partial charge in [-0.1, -0.05) is 6.92 Å². The van der Waals surface area contributed by atoms with E-state index in [1.165, 1.54) is 12.8 Å². The van der Waals surface area contributed by atoms with Crippen LogP contribution in [0.2, 0.25) is 0 Å². The fraction of sp³-hybridized carbons (Fsp3) is 0.933. The zero-order valence-corrected chi connectivity index (χ0v) is 15.6. The SMILES string of the molecule is CCN=C(NC1CC1C)N1CCC(N2CCOCC2)C1.I. The number of aliphatic imine (C=N–C) groups is 1. The van der Waals surface area contributed by atoms with Gasteiger partial charge in [0.25, 0.3) is 0 Å². The summed E-state index contributed by atoms with van der Waals surface area (Å²) >= 11 is 0. The summed E-state index contributed by atoms with van der Waals surface area (Å²) in [7, 11) is 0. The van der Waals surface area contributed by atoms with Gasteiger partial charge in [-0.25, -0.2) is 0 Å². The monoisotopic (exact) mass is 408 g/mol. The van der Waals surface area contributed by atoms with Crippen molar-refractivity contribution >= 4 is 29.9 Å². The maximum Gasteiger partial charge on any atom is 0.194 e. The lowest BCUT2D eigenvalue weighted by atomic mass is 10.2. The molecular weight excluding hydrogens is 379 g/mol. The molecule has 3 rings (SSSR count). The van der Waals surface area contributed by atoms with E-state index in [2.05, 4.69) is 34.0 Å². The number of morpholine rings is 1. The molecule has 3 fully saturated rings. The minimum atomic E-state index is 0. The van der Waals surface area contributed by atoms with Crippen LogP contribution in [0.1, 0.15) is 26.7 Å². The Hall–Kier alpha value is -0.0800. The van der Waals surface area contributed by atoms with Crippen molar-refractivity contribution in [3.05, 3.63) is 0 Å². The van der Waals surface area contributed by atoms with Crippen molar-refractivity contribution in [3.8, 4) is 0 Å². The van der Waals surface area contributed by atoms with E-state index >= 15 is 0 Å². The average molecular weight is 408 g/mol.